The predicted molar refractivity (Wildman–Crippen MR) is 87.4 cm³/mol. The van der Waals surface area contributed by atoms with Crippen LogP contribution in [0.25, 0.3) is 0 Å². The third-order valence-electron chi connectivity index (χ3n) is 4.01. The van der Waals surface area contributed by atoms with Gasteiger partial charge in [-0.1, -0.05) is 0 Å². The zero-order chi connectivity index (χ0) is 16.7. The number of urea groups is 1. The fourth-order valence-corrected chi connectivity index (χ4v) is 3.31. The number of halogens is 1. The molecule has 0 aliphatic carbocycles. The van der Waals surface area contributed by atoms with Gasteiger partial charge in [0.05, 0.1) is 11.8 Å². The SMILES string of the molecule is NC(=O)c1cnsc1NC(=O)NCCC1CCN(CCF)CC1. The highest BCUT2D eigenvalue weighted by molar-refractivity contribution is 7.10. The Kier molecular flexibility index (Phi) is 6.72. The Labute approximate surface area is 138 Å². The third-order valence-corrected chi connectivity index (χ3v) is 4.72. The number of hydrogen-bond acceptors (Lipinski definition) is 5. The highest BCUT2D eigenvalue weighted by Gasteiger charge is 2.19. The molecule has 2 rings (SSSR count). The third kappa shape index (κ3) is 5.43. The van der Waals surface area contributed by atoms with Crippen LogP contribution in [-0.4, -0.2) is 54.1 Å². The molecule has 1 fully saturated rings. The van der Waals surface area contributed by atoms with Gasteiger partial charge >= 0.3 is 6.03 Å². The summed E-state index contributed by atoms with van der Waals surface area (Å²) < 4.78 is 16.1. The summed E-state index contributed by atoms with van der Waals surface area (Å²) in [5.74, 6) is -0.0650. The molecule has 0 aromatic carbocycles. The van der Waals surface area contributed by atoms with Crippen molar-refractivity contribution in [3.8, 4) is 0 Å². The molecular formula is C14H22FN5O2S. The number of carbonyl (C=O) groups excluding carboxylic acids is 2. The maximum absolute atomic E-state index is 12.3. The van der Waals surface area contributed by atoms with Crippen LogP contribution in [0.2, 0.25) is 0 Å². The van der Waals surface area contributed by atoms with Crippen molar-refractivity contribution in [1.82, 2.24) is 14.6 Å². The van der Waals surface area contributed by atoms with Crippen molar-refractivity contribution in [2.75, 3.05) is 38.2 Å². The van der Waals surface area contributed by atoms with E-state index in [2.05, 4.69) is 19.9 Å². The van der Waals surface area contributed by atoms with E-state index in [1.165, 1.54) is 6.20 Å². The lowest BCUT2D eigenvalue weighted by Crippen LogP contribution is -2.37. The van der Waals surface area contributed by atoms with Gasteiger partial charge in [0.25, 0.3) is 5.91 Å². The molecule has 4 N–H and O–H groups in total. The number of piperidine rings is 1. The minimum absolute atomic E-state index is 0.213. The highest BCUT2D eigenvalue weighted by Crippen LogP contribution is 2.21. The van der Waals surface area contributed by atoms with E-state index in [0.717, 1.165) is 43.9 Å². The van der Waals surface area contributed by atoms with Crippen LogP contribution in [0.15, 0.2) is 6.20 Å². The molecule has 1 aromatic heterocycles. The number of likely N-dealkylation sites (tertiary alicyclic amines) is 1. The van der Waals surface area contributed by atoms with Gasteiger partial charge in [0.2, 0.25) is 0 Å². The summed E-state index contributed by atoms with van der Waals surface area (Å²) in [5, 5.41) is 5.72. The average molecular weight is 343 g/mol. The Morgan fingerprint density at radius 3 is 2.83 bits per heavy atom. The first-order chi connectivity index (χ1) is 11.1. The summed E-state index contributed by atoms with van der Waals surface area (Å²) in [6.45, 7) is 2.62. The molecule has 1 saturated heterocycles. The number of carbonyl (C=O) groups is 2. The average Bonchev–Trinajstić information content (AvgIpc) is 2.97. The van der Waals surface area contributed by atoms with Crippen LogP contribution >= 0.6 is 11.5 Å². The van der Waals surface area contributed by atoms with E-state index >= 15 is 0 Å². The van der Waals surface area contributed by atoms with E-state index < -0.39 is 5.91 Å². The van der Waals surface area contributed by atoms with E-state index in [9.17, 15) is 14.0 Å². The first-order valence-corrected chi connectivity index (χ1v) is 8.45. The number of nitrogens with one attached hydrogen (secondary N) is 2. The minimum Gasteiger partial charge on any atom is -0.365 e. The molecule has 128 valence electrons. The zero-order valence-corrected chi connectivity index (χ0v) is 13.7. The second kappa shape index (κ2) is 8.78. The number of aromatic nitrogens is 1. The van der Waals surface area contributed by atoms with Crippen LogP contribution in [0.5, 0.6) is 0 Å². The van der Waals surface area contributed by atoms with Gasteiger partial charge in [-0.2, -0.15) is 4.37 Å². The van der Waals surface area contributed by atoms with Crippen molar-refractivity contribution in [2.45, 2.75) is 19.3 Å². The normalized spacial score (nSPS) is 16.2. The fourth-order valence-electron chi connectivity index (χ4n) is 2.66. The van der Waals surface area contributed by atoms with Crippen LogP contribution in [-0.2, 0) is 0 Å². The molecule has 0 radical (unpaired) electrons. The molecule has 0 spiro atoms. The molecule has 7 nitrogen and oxygen atoms in total. The smallest absolute Gasteiger partial charge is 0.319 e. The topological polar surface area (TPSA) is 100 Å². The van der Waals surface area contributed by atoms with Crippen molar-refractivity contribution >= 4 is 28.5 Å². The summed E-state index contributed by atoms with van der Waals surface area (Å²) >= 11 is 1.01. The summed E-state index contributed by atoms with van der Waals surface area (Å²) in [6.07, 6.45) is 4.30. The van der Waals surface area contributed by atoms with Gasteiger partial charge in [-0.05, 0) is 49.8 Å². The molecule has 23 heavy (non-hydrogen) atoms. The van der Waals surface area contributed by atoms with E-state index in [1.54, 1.807) is 0 Å². The largest absolute Gasteiger partial charge is 0.365 e. The van der Waals surface area contributed by atoms with Crippen LogP contribution in [0.4, 0.5) is 14.2 Å². The number of anilines is 1. The van der Waals surface area contributed by atoms with Crippen molar-refractivity contribution < 1.29 is 14.0 Å². The summed E-state index contributed by atoms with van der Waals surface area (Å²) in [6, 6.07) is -0.369. The van der Waals surface area contributed by atoms with Crippen LogP contribution < -0.4 is 16.4 Å². The maximum atomic E-state index is 12.3. The van der Waals surface area contributed by atoms with Gasteiger partial charge in [0, 0.05) is 13.1 Å². The number of primary amides is 1. The Morgan fingerprint density at radius 1 is 1.43 bits per heavy atom. The minimum atomic E-state index is -0.617. The highest BCUT2D eigenvalue weighted by atomic mass is 32.1. The van der Waals surface area contributed by atoms with Gasteiger partial charge < -0.3 is 16.0 Å². The molecule has 0 saturated carbocycles. The molecule has 9 heteroatoms. The standard InChI is InChI=1S/C14H22FN5O2S/c15-4-8-20-6-2-10(3-7-20)1-5-17-14(22)19-13-11(12(16)21)9-18-23-13/h9-10H,1-8H2,(H2,16,21)(H2,17,19,22). The Bertz CT molecular complexity index is 531. The molecule has 1 aliphatic rings. The lowest BCUT2D eigenvalue weighted by atomic mass is 9.93. The van der Waals surface area contributed by atoms with Crippen molar-refractivity contribution in [3.05, 3.63) is 11.8 Å². The quantitative estimate of drug-likeness (QED) is 0.697. The molecule has 0 bridgehead atoms. The van der Waals surface area contributed by atoms with Gasteiger partial charge in [-0.15, -0.1) is 0 Å². The van der Waals surface area contributed by atoms with Crippen LogP contribution in [0, 0.1) is 5.92 Å². The maximum Gasteiger partial charge on any atom is 0.319 e. The first kappa shape index (κ1) is 17.6. The van der Waals surface area contributed by atoms with Gasteiger partial charge in [-0.25, -0.2) is 9.18 Å². The van der Waals surface area contributed by atoms with Gasteiger partial charge in [0.15, 0.2) is 0 Å². The second-order valence-electron chi connectivity index (χ2n) is 5.58. The molecule has 1 aromatic rings. The first-order valence-electron chi connectivity index (χ1n) is 7.67. The molecule has 2 heterocycles. The van der Waals surface area contributed by atoms with Crippen molar-refractivity contribution in [3.63, 3.8) is 0 Å². The Hall–Kier alpha value is -1.74. The summed E-state index contributed by atoms with van der Waals surface area (Å²) in [4.78, 5) is 25.1. The lowest BCUT2D eigenvalue weighted by molar-refractivity contribution is 0.100. The lowest BCUT2D eigenvalue weighted by Gasteiger charge is -2.31. The van der Waals surface area contributed by atoms with E-state index in [4.69, 9.17) is 5.73 Å². The molecular weight excluding hydrogens is 321 g/mol. The molecule has 3 amide bonds. The number of alkyl halides is 1. The number of hydrogen-bond donors (Lipinski definition) is 3. The number of nitrogens with two attached hydrogens (primary N) is 1. The molecule has 0 unspecified atom stereocenters. The monoisotopic (exact) mass is 343 g/mol. The predicted octanol–water partition coefficient (Wildman–Crippen LogP) is 1.44. The van der Waals surface area contributed by atoms with Crippen molar-refractivity contribution in [1.29, 1.82) is 0 Å². The number of rotatable bonds is 7. The van der Waals surface area contributed by atoms with E-state index in [1.807, 2.05) is 0 Å². The number of nitrogens with zero attached hydrogens (tertiary/aromatic N) is 2. The second-order valence-corrected chi connectivity index (χ2v) is 6.38. The Morgan fingerprint density at radius 2 is 2.17 bits per heavy atom. The van der Waals surface area contributed by atoms with Crippen molar-refractivity contribution in [2.24, 2.45) is 11.7 Å². The zero-order valence-electron chi connectivity index (χ0n) is 12.9. The van der Waals surface area contributed by atoms with E-state index in [-0.39, 0.29) is 18.3 Å². The van der Waals surface area contributed by atoms with Gasteiger partial charge in [-0.3, -0.25) is 10.1 Å². The molecule has 0 atom stereocenters. The number of amides is 3. The van der Waals surface area contributed by atoms with Gasteiger partial charge in [0.1, 0.15) is 11.7 Å². The summed E-state index contributed by atoms with van der Waals surface area (Å²) in [7, 11) is 0. The molecule has 1 aliphatic heterocycles. The van der Waals surface area contributed by atoms with Crippen LogP contribution in [0.3, 0.4) is 0 Å². The van der Waals surface area contributed by atoms with Crippen LogP contribution in [0.1, 0.15) is 29.6 Å². The fraction of sp³-hybridized carbons (Fsp3) is 0.643. The van der Waals surface area contributed by atoms with E-state index in [0.29, 0.717) is 24.0 Å². The Balaban J connectivity index is 1.65. The summed E-state index contributed by atoms with van der Waals surface area (Å²) in [5.41, 5.74) is 5.41.